The van der Waals surface area contributed by atoms with Crippen LogP contribution in [0.5, 0.6) is 0 Å². The first-order valence-electron chi connectivity index (χ1n) is 11.1. The maximum absolute atomic E-state index is 15.6. The molecule has 2 aromatic rings. The van der Waals surface area contributed by atoms with Gasteiger partial charge in [0.05, 0.1) is 12.6 Å². The number of nitrogens with zero attached hydrogens (tertiary/aromatic N) is 1. The van der Waals surface area contributed by atoms with E-state index >= 15 is 4.39 Å². The SMILES string of the molecule is O=C(C1CCO1)N1CC2(CC2)[C@H](NS(=O)(=O)CF)[C@@H]1Cc1cccc(-c2ccccc2)c1F. The molecule has 2 heterocycles. The van der Waals surface area contributed by atoms with Gasteiger partial charge in [-0.05, 0) is 30.4 Å². The van der Waals surface area contributed by atoms with Crippen molar-refractivity contribution in [2.24, 2.45) is 5.41 Å². The van der Waals surface area contributed by atoms with Crippen molar-refractivity contribution >= 4 is 15.9 Å². The van der Waals surface area contributed by atoms with Crippen LogP contribution in [0.3, 0.4) is 0 Å². The van der Waals surface area contributed by atoms with Gasteiger partial charge in [-0.15, -0.1) is 0 Å². The number of rotatable bonds is 7. The molecule has 1 amide bonds. The molecule has 2 aromatic carbocycles. The second-order valence-electron chi connectivity index (χ2n) is 9.21. The number of halogens is 2. The van der Waals surface area contributed by atoms with Crippen LogP contribution in [-0.4, -0.2) is 56.6 Å². The van der Waals surface area contributed by atoms with Crippen LogP contribution in [-0.2, 0) is 26.0 Å². The predicted molar refractivity (Wildman–Crippen MR) is 119 cm³/mol. The highest BCUT2D eigenvalue weighted by atomic mass is 32.2. The fourth-order valence-corrected chi connectivity index (χ4v) is 5.95. The number of ether oxygens (including phenoxy) is 1. The quantitative estimate of drug-likeness (QED) is 0.667. The van der Waals surface area contributed by atoms with Crippen molar-refractivity contribution in [2.45, 2.75) is 43.9 Å². The maximum Gasteiger partial charge on any atom is 0.252 e. The van der Waals surface area contributed by atoms with Gasteiger partial charge in [-0.1, -0.05) is 48.5 Å². The van der Waals surface area contributed by atoms with Gasteiger partial charge in [0.25, 0.3) is 5.91 Å². The lowest BCUT2D eigenvalue weighted by Gasteiger charge is -2.34. The van der Waals surface area contributed by atoms with Gasteiger partial charge in [0.1, 0.15) is 11.9 Å². The van der Waals surface area contributed by atoms with Gasteiger partial charge in [-0.2, -0.15) is 0 Å². The first-order chi connectivity index (χ1) is 15.8. The number of sulfonamides is 1. The van der Waals surface area contributed by atoms with Gasteiger partial charge < -0.3 is 9.64 Å². The molecule has 1 aliphatic carbocycles. The predicted octanol–water partition coefficient (Wildman–Crippen LogP) is 3.03. The van der Waals surface area contributed by atoms with Crippen molar-refractivity contribution in [1.82, 2.24) is 9.62 Å². The fourth-order valence-electron chi connectivity index (χ4n) is 5.09. The van der Waals surface area contributed by atoms with E-state index in [1.807, 2.05) is 30.3 Å². The molecule has 2 saturated heterocycles. The number of hydrogen-bond donors (Lipinski definition) is 1. The van der Waals surface area contributed by atoms with E-state index in [0.717, 1.165) is 18.4 Å². The Morgan fingerprint density at radius 3 is 2.48 bits per heavy atom. The van der Waals surface area contributed by atoms with Crippen LogP contribution in [0.2, 0.25) is 0 Å². The summed E-state index contributed by atoms with van der Waals surface area (Å²) in [4.78, 5) is 14.8. The summed E-state index contributed by atoms with van der Waals surface area (Å²) in [5.41, 5.74) is 1.11. The van der Waals surface area contributed by atoms with Gasteiger partial charge in [-0.3, -0.25) is 4.79 Å². The summed E-state index contributed by atoms with van der Waals surface area (Å²) in [6, 6.07) is 11.4. The van der Waals surface area contributed by atoms with Crippen LogP contribution < -0.4 is 4.72 Å². The lowest BCUT2D eigenvalue weighted by molar-refractivity contribution is -0.157. The highest BCUT2D eigenvalue weighted by Gasteiger charge is 2.62. The molecule has 2 aliphatic heterocycles. The van der Waals surface area contributed by atoms with Crippen molar-refractivity contribution in [3.8, 4) is 11.1 Å². The Morgan fingerprint density at radius 2 is 1.88 bits per heavy atom. The van der Waals surface area contributed by atoms with Crippen LogP contribution in [0.15, 0.2) is 48.5 Å². The zero-order valence-electron chi connectivity index (χ0n) is 18.0. The molecule has 6 nitrogen and oxygen atoms in total. The van der Waals surface area contributed by atoms with E-state index in [-0.39, 0.29) is 12.3 Å². The number of carbonyl (C=O) groups excluding carboxylic acids is 1. The van der Waals surface area contributed by atoms with Crippen LogP contribution in [0.1, 0.15) is 24.8 Å². The number of nitrogens with one attached hydrogen (secondary N) is 1. The third-order valence-corrected chi connectivity index (χ3v) is 8.02. The Balaban J connectivity index is 1.50. The average molecular weight is 477 g/mol. The summed E-state index contributed by atoms with van der Waals surface area (Å²) in [6.07, 6.45) is 1.62. The Labute approximate surface area is 192 Å². The number of likely N-dealkylation sites (tertiary alicyclic amines) is 1. The van der Waals surface area contributed by atoms with Crippen molar-refractivity contribution in [3.63, 3.8) is 0 Å². The van der Waals surface area contributed by atoms with E-state index in [2.05, 4.69) is 4.72 Å². The maximum atomic E-state index is 15.6. The third-order valence-electron chi connectivity index (χ3n) is 7.12. The van der Waals surface area contributed by atoms with Crippen LogP contribution in [0.4, 0.5) is 8.78 Å². The van der Waals surface area contributed by atoms with Crippen LogP contribution in [0.25, 0.3) is 11.1 Å². The summed E-state index contributed by atoms with van der Waals surface area (Å²) in [6.45, 7) is 0.863. The Bertz CT molecular complexity index is 1150. The Morgan fingerprint density at radius 1 is 1.15 bits per heavy atom. The van der Waals surface area contributed by atoms with E-state index in [9.17, 15) is 17.6 Å². The number of amides is 1. The lowest BCUT2D eigenvalue weighted by atomic mass is 9.91. The molecule has 1 N–H and O–H groups in total. The summed E-state index contributed by atoms with van der Waals surface area (Å²) < 4.78 is 61.0. The fraction of sp³-hybridized carbons (Fsp3) is 0.458. The minimum atomic E-state index is -4.16. The number of benzene rings is 2. The molecule has 3 atom stereocenters. The molecule has 1 saturated carbocycles. The summed E-state index contributed by atoms with van der Waals surface area (Å²) in [5.74, 6) is -0.612. The average Bonchev–Trinajstić information content (AvgIpc) is 3.49. The molecule has 9 heteroatoms. The molecule has 0 radical (unpaired) electrons. The van der Waals surface area contributed by atoms with E-state index in [0.29, 0.717) is 30.7 Å². The van der Waals surface area contributed by atoms with E-state index in [1.165, 1.54) is 0 Å². The molecular weight excluding hydrogens is 450 g/mol. The molecule has 3 fully saturated rings. The largest absolute Gasteiger partial charge is 0.368 e. The Hall–Kier alpha value is -2.36. The van der Waals surface area contributed by atoms with Crippen molar-refractivity contribution in [3.05, 3.63) is 59.9 Å². The molecule has 0 bridgehead atoms. The first kappa shape index (κ1) is 22.4. The smallest absolute Gasteiger partial charge is 0.252 e. The monoisotopic (exact) mass is 476 g/mol. The zero-order chi connectivity index (χ0) is 23.2. The molecule has 5 rings (SSSR count). The van der Waals surface area contributed by atoms with E-state index < -0.39 is 45.4 Å². The normalized spacial score (nSPS) is 25.8. The first-order valence-corrected chi connectivity index (χ1v) is 12.8. The summed E-state index contributed by atoms with van der Waals surface area (Å²) in [7, 11) is -4.16. The molecule has 3 aliphatic rings. The molecule has 1 spiro atoms. The Kier molecular flexibility index (Phi) is 5.74. The third kappa shape index (κ3) is 4.18. The van der Waals surface area contributed by atoms with Gasteiger partial charge in [0, 0.05) is 30.0 Å². The highest BCUT2D eigenvalue weighted by molar-refractivity contribution is 7.89. The van der Waals surface area contributed by atoms with Crippen LogP contribution >= 0.6 is 0 Å². The number of alkyl halides is 1. The van der Waals surface area contributed by atoms with Gasteiger partial charge in [0.2, 0.25) is 16.0 Å². The van der Waals surface area contributed by atoms with Gasteiger partial charge in [-0.25, -0.2) is 21.9 Å². The number of hydrogen-bond acceptors (Lipinski definition) is 4. The highest BCUT2D eigenvalue weighted by Crippen LogP contribution is 2.56. The molecule has 0 aromatic heterocycles. The lowest BCUT2D eigenvalue weighted by Crippen LogP contribution is -2.53. The van der Waals surface area contributed by atoms with Crippen molar-refractivity contribution in [2.75, 3.05) is 19.2 Å². The topological polar surface area (TPSA) is 75.7 Å². The van der Waals surface area contributed by atoms with Crippen molar-refractivity contribution < 1.29 is 26.7 Å². The molecular formula is C24H26F2N2O4S. The number of carbonyl (C=O) groups is 1. The van der Waals surface area contributed by atoms with Crippen molar-refractivity contribution in [1.29, 1.82) is 0 Å². The minimum absolute atomic E-state index is 0.117. The van der Waals surface area contributed by atoms with E-state index in [1.54, 1.807) is 23.1 Å². The molecule has 33 heavy (non-hydrogen) atoms. The second-order valence-corrected chi connectivity index (χ2v) is 10.9. The van der Waals surface area contributed by atoms with E-state index in [4.69, 9.17) is 4.74 Å². The summed E-state index contributed by atoms with van der Waals surface area (Å²) in [5, 5.41) is 0. The standard InChI is InChI=1S/C24H26F2N2O4S/c25-15-33(30,31)27-22-19(28(14-24(22)10-11-24)23(29)20-9-12-32-20)13-17-7-4-8-18(21(17)26)16-5-2-1-3-6-16/h1-8,19-20,22,27H,9-15H2/t19-,20?,22+/m0/s1. The summed E-state index contributed by atoms with van der Waals surface area (Å²) >= 11 is 0. The van der Waals surface area contributed by atoms with Gasteiger partial charge in [0.15, 0.2) is 0 Å². The minimum Gasteiger partial charge on any atom is -0.368 e. The molecule has 1 unspecified atom stereocenters. The zero-order valence-corrected chi connectivity index (χ0v) is 18.9. The van der Waals surface area contributed by atoms with Gasteiger partial charge >= 0.3 is 0 Å². The second kappa shape index (κ2) is 8.45. The molecule has 176 valence electrons. The van der Waals surface area contributed by atoms with Crippen LogP contribution in [0, 0.1) is 11.2 Å².